The van der Waals surface area contributed by atoms with Crippen molar-refractivity contribution in [3.05, 3.63) is 23.0 Å². The maximum absolute atomic E-state index is 11.6. The maximum atomic E-state index is 11.6. The molecule has 4 nitrogen and oxygen atoms in total. The summed E-state index contributed by atoms with van der Waals surface area (Å²) in [6, 6.07) is 1.89. The number of rotatable bonds is 3. The number of hydrogen-bond donors (Lipinski definition) is 0. The van der Waals surface area contributed by atoms with Gasteiger partial charge in [0.25, 0.3) is 0 Å². The quantitative estimate of drug-likeness (QED) is 0.756. The monoisotopic (exact) mass is 237 g/mol. The van der Waals surface area contributed by atoms with Crippen LogP contribution in [-0.4, -0.2) is 30.4 Å². The van der Waals surface area contributed by atoms with E-state index in [9.17, 15) is 4.79 Å². The number of nitrogens with zero attached hydrogens (tertiary/aromatic N) is 1. The number of aromatic nitrogens is 1. The molecule has 0 spiro atoms. The Morgan fingerprint density at radius 1 is 1.59 bits per heavy atom. The summed E-state index contributed by atoms with van der Waals surface area (Å²) in [5.74, 6) is -0.267. The number of ether oxygens (including phenoxy) is 2. The number of esters is 1. The number of hydrogen-bond acceptors (Lipinski definition) is 3. The van der Waals surface area contributed by atoms with Crippen LogP contribution in [0.2, 0.25) is 0 Å². The minimum absolute atomic E-state index is 0.267. The molecular weight excluding hydrogens is 218 g/mol. The van der Waals surface area contributed by atoms with Crippen LogP contribution in [0.1, 0.15) is 34.6 Å². The third-order valence-electron chi connectivity index (χ3n) is 3.39. The lowest BCUT2D eigenvalue weighted by Gasteiger charge is -2.14. The summed E-state index contributed by atoms with van der Waals surface area (Å²) in [6.45, 7) is 5.64. The number of methoxy groups -OCH3 is 1. The molecule has 94 valence electrons. The highest BCUT2D eigenvalue weighted by Crippen LogP contribution is 2.20. The summed E-state index contributed by atoms with van der Waals surface area (Å²) in [4.78, 5) is 11.6. The van der Waals surface area contributed by atoms with Crippen molar-refractivity contribution in [3.63, 3.8) is 0 Å². The van der Waals surface area contributed by atoms with Gasteiger partial charge in [-0.25, -0.2) is 4.79 Å². The molecule has 0 bridgehead atoms. The largest absolute Gasteiger partial charge is 0.465 e. The minimum atomic E-state index is -0.267. The number of aryl methyl sites for hydroxylation is 1. The fraction of sp³-hybridized carbons (Fsp3) is 0.615. The van der Waals surface area contributed by atoms with Gasteiger partial charge in [0, 0.05) is 24.5 Å². The van der Waals surface area contributed by atoms with Crippen LogP contribution < -0.4 is 0 Å². The van der Waals surface area contributed by atoms with Gasteiger partial charge in [0.15, 0.2) is 0 Å². The molecule has 2 rings (SSSR count). The predicted octanol–water partition coefficient (Wildman–Crippen LogP) is 2.07. The van der Waals surface area contributed by atoms with Gasteiger partial charge in [0.1, 0.15) is 0 Å². The maximum Gasteiger partial charge on any atom is 0.339 e. The van der Waals surface area contributed by atoms with Crippen molar-refractivity contribution in [2.24, 2.45) is 0 Å². The van der Waals surface area contributed by atoms with E-state index in [1.54, 1.807) is 0 Å². The van der Waals surface area contributed by atoms with E-state index < -0.39 is 0 Å². The van der Waals surface area contributed by atoms with Crippen LogP contribution in [0.3, 0.4) is 0 Å². The van der Waals surface area contributed by atoms with Gasteiger partial charge in [0.2, 0.25) is 0 Å². The fourth-order valence-electron chi connectivity index (χ4n) is 2.39. The molecule has 1 aromatic rings. The molecule has 2 heterocycles. The van der Waals surface area contributed by atoms with E-state index in [-0.39, 0.29) is 12.1 Å². The molecule has 1 aliphatic heterocycles. The highest BCUT2D eigenvalue weighted by atomic mass is 16.5. The third-order valence-corrected chi connectivity index (χ3v) is 3.39. The van der Waals surface area contributed by atoms with Gasteiger partial charge in [-0.2, -0.15) is 0 Å². The second-order valence-electron chi connectivity index (χ2n) is 4.52. The highest BCUT2D eigenvalue weighted by molar-refractivity contribution is 5.91. The SMILES string of the molecule is COC(=O)c1cc(C)n(C[C@H]2CCCO2)c1C. The Labute approximate surface area is 102 Å². The zero-order chi connectivity index (χ0) is 12.4. The van der Waals surface area contributed by atoms with Crippen LogP contribution in [0.15, 0.2) is 6.07 Å². The smallest absolute Gasteiger partial charge is 0.339 e. The normalized spacial score (nSPS) is 19.6. The van der Waals surface area contributed by atoms with E-state index in [2.05, 4.69) is 4.57 Å². The van der Waals surface area contributed by atoms with E-state index >= 15 is 0 Å². The molecule has 1 saturated heterocycles. The van der Waals surface area contributed by atoms with Crippen LogP contribution in [0, 0.1) is 13.8 Å². The Hall–Kier alpha value is -1.29. The molecule has 17 heavy (non-hydrogen) atoms. The van der Waals surface area contributed by atoms with Crippen molar-refractivity contribution in [1.29, 1.82) is 0 Å². The van der Waals surface area contributed by atoms with Crippen LogP contribution in [0.25, 0.3) is 0 Å². The molecule has 1 aliphatic rings. The van der Waals surface area contributed by atoms with Crippen molar-refractivity contribution in [1.82, 2.24) is 4.57 Å². The van der Waals surface area contributed by atoms with Crippen molar-refractivity contribution < 1.29 is 14.3 Å². The van der Waals surface area contributed by atoms with Crippen molar-refractivity contribution >= 4 is 5.97 Å². The van der Waals surface area contributed by atoms with Crippen molar-refractivity contribution in [2.45, 2.75) is 39.3 Å². The Balaban J connectivity index is 2.21. The summed E-state index contributed by atoms with van der Waals surface area (Å²) in [5.41, 5.74) is 2.70. The van der Waals surface area contributed by atoms with Gasteiger partial charge in [-0.1, -0.05) is 0 Å². The van der Waals surface area contributed by atoms with Gasteiger partial charge in [-0.15, -0.1) is 0 Å². The second kappa shape index (κ2) is 4.92. The highest BCUT2D eigenvalue weighted by Gasteiger charge is 2.21. The van der Waals surface area contributed by atoms with Crippen LogP contribution >= 0.6 is 0 Å². The van der Waals surface area contributed by atoms with Crippen LogP contribution in [0.4, 0.5) is 0 Å². The first-order chi connectivity index (χ1) is 8.13. The van der Waals surface area contributed by atoms with E-state index in [0.29, 0.717) is 5.56 Å². The Morgan fingerprint density at radius 2 is 2.35 bits per heavy atom. The van der Waals surface area contributed by atoms with E-state index in [1.807, 2.05) is 19.9 Å². The molecule has 1 aromatic heterocycles. The molecule has 0 saturated carbocycles. The standard InChI is InChI=1S/C13H19NO3/c1-9-7-12(13(15)16-3)10(2)14(9)8-11-5-4-6-17-11/h7,11H,4-6,8H2,1-3H3/t11-/m1/s1. The summed E-state index contributed by atoms with van der Waals surface area (Å²) in [7, 11) is 1.41. The van der Waals surface area contributed by atoms with Crippen LogP contribution in [-0.2, 0) is 16.0 Å². The first kappa shape index (κ1) is 12.2. The fourth-order valence-corrected chi connectivity index (χ4v) is 2.39. The molecule has 0 radical (unpaired) electrons. The zero-order valence-corrected chi connectivity index (χ0v) is 10.7. The van der Waals surface area contributed by atoms with Gasteiger partial charge in [-0.3, -0.25) is 0 Å². The summed E-state index contributed by atoms with van der Waals surface area (Å²) in [6.07, 6.45) is 2.52. The molecule has 1 fully saturated rings. The van der Waals surface area contributed by atoms with Gasteiger partial charge >= 0.3 is 5.97 Å². The minimum Gasteiger partial charge on any atom is -0.465 e. The average Bonchev–Trinajstić information content (AvgIpc) is 2.91. The molecular formula is C13H19NO3. The molecule has 4 heteroatoms. The Morgan fingerprint density at radius 3 is 2.94 bits per heavy atom. The van der Waals surface area contributed by atoms with Gasteiger partial charge in [0.05, 0.1) is 18.8 Å². The molecule has 0 unspecified atom stereocenters. The Bertz CT molecular complexity index is 417. The molecule has 0 amide bonds. The third kappa shape index (κ3) is 2.36. The molecule has 1 atom stereocenters. The lowest BCUT2D eigenvalue weighted by molar-refractivity contribution is 0.0599. The van der Waals surface area contributed by atoms with Crippen LogP contribution in [0.5, 0.6) is 0 Å². The number of carbonyl (C=O) groups is 1. The molecule has 0 aliphatic carbocycles. The summed E-state index contributed by atoms with van der Waals surface area (Å²) < 4.78 is 12.5. The predicted molar refractivity (Wildman–Crippen MR) is 64.2 cm³/mol. The second-order valence-corrected chi connectivity index (χ2v) is 4.52. The Kier molecular flexibility index (Phi) is 3.52. The number of carbonyl (C=O) groups excluding carboxylic acids is 1. The molecule has 0 aromatic carbocycles. The lowest BCUT2D eigenvalue weighted by Crippen LogP contribution is -2.17. The van der Waals surface area contributed by atoms with Crippen molar-refractivity contribution in [2.75, 3.05) is 13.7 Å². The summed E-state index contributed by atoms with van der Waals surface area (Å²) >= 11 is 0. The first-order valence-electron chi connectivity index (χ1n) is 6.00. The topological polar surface area (TPSA) is 40.5 Å². The summed E-state index contributed by atoms with van der Waals surface area (Å²) in [5, 5.41) is 0. The van der Waals surface area contributed by atoms with Gasteiger partial charge < -0.3 is 14.0 Å². The van der Waals surface area contributed by atoms with Gasteiger partial charge in [-0.05, 0) is 32.8 Å². The van der Waals surface area contributed by atoms with E-state index in [1.165, 1.54) is 7.11 Å². The van der Waals surface area contributed by atoms with Crippen molar-refractivity contribution in [3.8, 4) is 0 Å². The first-order valence-corrected chi connectivity index (χ1v) is 6.00. The average molecular weight is 237 g/mol. The van der Waals surface area contributed by atoms with E-state index in [4.69, 9.17) is 9.47 Å². The lowest BCUT2D eigenvalue weighted by atomic mass is 10.2. The zero-order valence-electron chi connectivity index (χ0n) is 10.7. The molecule has 0 N–H and O–H groups in total. The van der Waals surface area contributed by atoms with E-state index in [0.717, 1.165) is 37.4 Å².